The Kier molecular flexibility index (Phi) is 12.0. The Bertz CT molecular complexity index is 2120. The number of carbonyl (C=O) groups excluding carboxylic acids is 1. The van der Waals surface area contributed by atoms with Gasteiger partial charge < -0.3 is 13.9 Å². The Hall–Kier alpha value is -4.06. The molecule has 1 N–H and O–H groups in total. The van der Waals surface area contributed by atoms with Crippen LogP contribution in [-0.2, 0) is 30.3 Å². The Balaban J connectivity index is 0.000000269. The maximum absolute atomic E-state index is 12.2. The third-order valence-electron chi connectivity index (χ3n) is 10.5. The van der Waals surface area contributed by atoms with Crippen LogP contribution in [0.3, 0.4) is 0 Å². The third-order valence-corrected chi connectivity index (χ3v) is 10.5. The van der Waals surface area contributed by atoms with Crippen molar-refractivity contribution in [2.75, 3.05) is 0 Å². The molecule has 6 aromatic rings. The summed E-state index contributed by atoms with van der Waals surface area (Å²) in [6.45, 7) is 18.8. The van der Waals surface area contributed by atoms with E-state index < -0.39 is 0 Å². The summed E-state index contributed by atoms with van der Waals surface area (Å²) in [5.41, 5.74) is 4.65. The van der Waals surface area contributed by atoms with Gasteiger partial charge in [-0.1, -0.05) is 91.5 Å². The van der Waals surface area contributed by atoms with Crippen LogP contribution in [0.2, 0.25) is 0 Å². The Morgan fingerprint density at radius 2 is 1.54 bits per heavy atom. The van der Waals surface area contributed by atoms with Crippen molar-refractivity contribution < 1.29 is 38.8 Å². The number of aliphatic hydroxyl groups excluding tert-OH is 1. The number of benzene rings is 2. The molecule has 0 atom stereocenters. The first-order valence-corrected chi connectivity index (χ1v) is 17.4. The molecular formula is C43H49IrN2O4-. The van der Waals surface area contributed by atoms with E-state index in [4.69, 9.17) is 13.8 Å². The van der Waals surface area contributed by atoms with Gasteiger partial charge in [0.05, 0.1) is 6.26 Å². The van der Waals surface area contributed by atoms with Gasteiger partial charge in [-0.05, 0) is 55.4 Å². The summed E-state index contributed by atoms with van der Waals surface area (Å²) in [5.74, 6) is 1.04. The maximum Gasteiger partial charge on any atom is 0.225 e. The molecule has 0 amide bonds. The number of allylic oxidation sites excluding steroid dienone is 2. The van der Waals surface area contributed by atoms with Crippen molar-refractivity contribution in [1.82, 2.24) is 9.97 Å². The average molecular weight is 850 g/mol. The molecule has 4 aromatic heterocycles. The molecular weight excluding hydrogens is 801 g/mol. The second-order valence-electron chi connectivity index (χ2n) is 14.5. The molecule has 0 saturated carbocycles. The van der Waals surface area contributed by atoms with Crippen LogP contribution in [0.4, 0.5) is 0 Å². The molecule has 0 aliphatic carbocycles. The second-order valence-corrected chi connectivity index (χ2v) is 14.5. The summed E-state index contributed by atoms with van der Waals surface area (Å²) >= 11 is 0. The van der Waals surface area contributed by atoms with Gasteiger partial charge in [-0.25, -0.2) is 4.98 Å². The van der Waals surface area contributed by atoms with E-state index in [0.29, 0.717) is 5.71 Å². The average Bonchev–Trinajstić information content (AvgIpc) is 3.77. The molecule has 6 nitrogen and oxygen atoms in total. The maximum atomic E-state index is 12.2. The number of carbonyl (C=O) groups is 1. The number of aliphatic hydroxyl groups is 1. The summed E-state index contributed by atoms with van der Waals surface area (Å²) < 4.78 is 11.7. The summed E-state index contributed by atoms with van der Waals surface area (Å²) in [6, 6.07) is 22.1. The van der Waals surface area contributed by atoms with E-state index in [1.807, 2.05) is 78.1 Å². The summed E-state index contributed by atoms with van der Waals surface area (Å²) in [4.78, 5) is 21.3. The SMILES string of the molecule is CC(C)(C)c1cc(-c2nccc3cc(-c4cnc5occc5c4)oc23)[c-]c2ccccc12.CCC(C)(CC)C(=O)/C=C(\O)C(C)(CC)CC.[Ir]. The number of nitrogens with zero attached hydrogens (tertiary/aromatic N) is 2. The molecule has 0 aliphatic rings. The number of rotatable bonds is 9. The van der Waals surface area contributed by atoms with E-state index in [1.54, 1.807) is 12.5 Å². The predicted octanol–water partition coefficient (Wildman–Crippen LogP) is 12.2. The van der Waals surface area contributed by atoms with Crippen LogP contribution in [-0.4, -0.2) is 20.9 Å². The van der Waals surface area contributed by atoms with Gasteiger partial charge in [-0.3, -0.25) is 9.78 Å². The standard InChI is InChI=1S/C28H21N2O2.C15H28O2.Ir/c1-28(2,3)23-14-20(12-17-6-4-5-7-22(17)23)25-26-18(8-10-29-25)15-24(32-26)21-13-19-9-11-31-27(19)30-16-21;1-7-14(5,8-2)12(16)11-13(17)15(6,9-3)10-4;/h4-11,13-16H,1-3H3;11,16H,7-10H2,1-6H3;/q-1;;/b;12-11-;. The number of hydrogen-bond donors (Lipinski definition) is 1. The van der Waals surface area contributed by atoms with Crippen molar-refractivity contribution in [2.45, 2.75) is 93.4 Å². The normalized spacial score (nSPS) is 12.5. The van der Waals surface area contributed by atoms with Gasteiger partial charge in [0.15, 0.2) is 5.78 Å². The van der Waals surface area contributed by atoms with Crippen LogP contribution in [0, 0.1) is 16.9 Å². The summed E-state index contributed by atoms with van der Waals surface area (Å²) in [5, 5.41) is 14.4. The van der Waals surface area contributed by atoms with E-state index in [0.717, 1.165) is 70.0 Å². The molecule has 50 heavy (non-hydrogen) atoms. The Labute approximate surface area is 309 Å². The second kappa shape index (κ2) is 15.4. The minimum absolute atomic E-state index is 0. The van der Waals surface area contributed by atoms with Crippen molar-refractivity contribution in [2.24, 2.45) is 10.8 Å². The van der Waals surface area contributed by atoms with E-state index in [2.05, 4.69) is 56.1 Å². The zero-order chi connectivity index (χ0) is 35.6. The van der Waals surface area contributed by atoms with Crippen molar-refractivity contribution in [3.8, 4) is 22.6 Å². The quantitative estimate of drug-likeness (QED) is 0.0885. The van der Waals surface area contributed by atoms with E-state index in [-0.39, 0.29) is 47.9 Å². The summed E-state index contributed by atoms with van der Waals surface area (Å²) in [6.07, 6.45) is 10.00. The first kappa shape index (κ1) is 38.7. The molecule has 0 unspecified atom stereocenters. The Morgan fingerprint density at radius 3 is 2.20 bits per heavy atom. The van der Waals surface area contributed by atoms with E-state index in [9.17, 15) is 9.90 Å². The zero-order valence-electron chi connectivity index (χ0n) is 30.7. The van der Waals surface area contributed by atoms with E-state index in [1.165, 1.54) is 17.0 Å². The molecule has 1 radical (unpaired) electrons. The molecule has 0 spiro atoms. The molecule has 7 heteroatoms. The summed E-state index contributed by atoms with van der Waals surface area (Å²) in [7, 11) is 0. The van der Waals surface area contributed by atoms with E-state index >= 15 is 0 Å². The van der Waals surface area contributed by atoms with Crippen molar-refractivity contribution in [3.63, 3.8) is 0 Å². The monoisotopic (exact) mass is 850 g/mol. The van der Waals surface area contributed by atoms with Gasteiger partial charge in [-0.2, -0.15) is 0 Å². The molecule has 0 saturated heterocycles. The first-order valence-electron chi connectivity index (χ1n) is 17.4. The minimum atomic E-state index is -0.337. The van der Waals surface area contributed by atoms with Crippen LogP contribution >= 0.6 is 0 Å². The molecule has 0 bridgehead atoms. The smallest absolute Gasteiger partial charge is 0.225 e. The van der Waals surface area contributed by atoms with Crippen molar-refractivity contribution in [1.29, 1.82) is 0 Å². The number of hydrogen-bond acceptors (Lipinski definition) is 6. The zero-order valence-corrected chi connectivity index (χ0v) is 33.1. The number of fused-ring (bicyclic) bond motifs is 3. The van der Waals surface area contributed by atoms with Crippen molar-refractivity contribution >= 4 is 38.6 Å². The van der Waals surface area contributed by atoms with Crippen LogP contribution in [0.1, 0.15) is 93.6 Å². The van der Waals surface area contributed by atoms with Gasteiger partial charge in [0.2, 0.25) is 5.71 Å². The number of ketones is 1. The van der Waals surface area contributed by atoms with Gasteiger partial charge in [0.25, 0.3) is 0 Å². The fourth-order valence-electron chi connectivity index (χ4n) is 5.95. The van der Waals surface area contributed by atoms with Crippen LogP contribution in [0.5, 0.6) is 0 Å². The van der Waals surface area contributed by atoms with Gasteiger partial charge in [0, 0.05) is 71.4 Å². The number of furan rings is 2. The van der Waals surface area contributed by atoms with Crippen LogP contribution in [0.25, 0.3) is 55.4 Å². The molecule has 265 valence electrons. The predicted molar refractivity (Wildman–Crippen MR) is 201 cm³/mol. The molecule has 6 rings (SSSR count). The topological polar surface area (TPSA) is 89.4 Å². The van der Waals surface area contributed by atoms with Crippen LogP contribution in [0.15, 0.2) is 93.9 Å². The van der Waals surface area contributed by atoms with Crippen LogP contribution < -0.4 is 0 Å². The van der Waals surface area contributed by atoms with Gasteiger partial charge >= 0.3 is 0 Å². The molecule has 0 aliphatic heterocycles. The van der Waals surface area contributed by atoms with Gasteiger partial charge in [-0.15, -0.1) is 29.1 Å². The van der Waals surface area contributed by atoms with Gasteiger partial charge in [0.1, 0.15) is 17.1 Å². The number of aromatic nitrogens is 2. The first-order chi connectivity index (χ1) is 23.3. The van der Waals surface area contributed by atoms with Crippen molar-refractivity contribution in [3.05, 3.63) is 96.7 Å². The minimum Gasteiger partial charge on any atom is -0.512 e. The molecule has 2 aromatic carbocycles. The Morgan fingerprint density at radius 1 is 0.860 bits per heavy atom. The molecule has 4 heterocycles. The fraction of sp³-hybridized carbons (Fsp3) is 0.372. The fourth-order valence-corrected chi connectivity index (χ4v) is 5.95. The largest absolute Gasteiger partial charge is 0.512 e. The number of pyridine rings is 2. The third kappa shape index (κ3) is 7.80. The molecule has 0 fully saturated rings.